The van der Waals surface area contributed by atoms with Crippen molar-refractivity contribution in [2.24, 2.45) is 0 Å². The first-order valence-electron chi connectivity index (χ1n) is 6.57. The van der Waals surface area contributed by atoms with Gasteiger partial charge in [-0.2, -0.15) is 0 Å². The number of hydrogen-bond donors (Lipinski definition) is 1. The molecule has 1 fully saturated rings. The molecule has 0 spiro atoms. The summed E-state index contributed by atoms with van der Waals surface area (Å²) in [4.78, 5) is 16.8. The van der Waals surface area contributed by atoms with E-state index in [0.29, 0.717) is 38.2 Å². The number of ether oxygens (including phenoxy) is 2. The first-order chi connectivity index (χ1) is 9.09. The molecule has 1 aromatic rings. The van der Waals surface area contributed by atoms with E-state index in [1.807, 2.05) is 13.8 Å². The molecule has 0 unspecified atom stereocenters. The van der Waals surface area contributed by atoms with Crippen LogP contribution in [0.2, 0.25) is 0 Å². The number of hydrogen-bond acceptors (Lipinski definition) is 5. The third-order valence-corrected chi connectivity index (χ3v) is 3.43. The van der Waals surface area contributed by atoms with Crippen LogP contribution in [-0.2, 0) is 9.47 Å². The summed E-state index contributed by atoms with van der Waals surface area (Å²) in [5, 5.41) is 0. The fourth-order valence-corrected chi connectivity index (χ4v) is 2.42. The number of ketones is 1. The van der Waals surface area contributed by atoms with Crippen LogP contribution in [0.15, 0.2) is 12.3 Å². The number of pyridine rings is 1. The average molecular weight is 264 g/mol. The molecule has 1 aliphatic rings. The lowest BCUT2D eigenvalue weighted by atomic mass is 9.85. The Kier molecular flexibility index (Phi) is 4.17. The summed E-state index contributed by atoms with van der Waals surface area (Å²) in [6, 6.07) is 1.78. The molecule has 0 radical (unpaired) electrons. The van der Waals surface area contributed by atoms with Crippen molar-refractivity contribution in [3.8, 4) is 0 Å². The Balaban J connectivity index is 2.36. The first kappa shape index (κ1) is 14.0. The molecule has 104 valence electrons. The molecular weight excluding hydrogens is 244 g/mol. The topological polar surface area (TPSA) is 74.4 Å². The van der Waals surface area contributed by atoms with Crippen LogP contribution in [0.3, 0.4) is 0 Å². The summed E-state index contributed by atoms with van der Waals surface area (Å²) in [5.74, 6) is 0.188. The van der Waals surface area contributed by atoms with Gasteiger partial charge < -0.3 is 15.2 Å². The highest BCUT2D eigenvalue weighted by atomic mass is 16.5. The SMILES string of the molecule is CCOC1(C(=O)c2cc(C)cnc2N)CCOCC1. The number of aromatic nitrogens is 1. The fraction of sp³-hybridized carbons (Fsp3) is 0.571. The molecule has 0 amide bonds. The minimum absolute atomic E-state index is 0.0775. The minimum atomic E-state index is -0.809. The summed E-state index contributed by atoms with van der Waals surface area (Å²) >= 11 is 0. The predicted octanol–water partition coefficient (Wildman–Crippen LogP) is 1.74. The number of carbonyl (C=O) groups excluding carboxylic acids is 1. The van der Waals surface area contributed by atoms with E-state index in [-0.39, 0.29) is 11.6 Å². The van der Waals surface area contributed by atoms with E-state index in [4.69, 9.17) is 15.2 Å². The molecule has 0 atom stereocenters. The molecule has 0 aromatic carbocycles. The van der Waals surface area contributed by atoms with Crippen LogP contribution in [-0.4, -0.2) is 36.2 Å². The zero-order chi connectivity index (χ0) is 13.9. The average Bonchev–Trinajstić information content (AvgIpc) is 2.42. The maximum Gasteiger partial charge on any atom is 0.198 e. The normalized spacial score (nSPS) is 18.2. The molecule has 0 saturated carbocycles. The lowest BCUT2D eigenvalue weighted by molar-refractivity contribution is -0.0821. The van der Waals surface area contributed by atoms with Gasteiger partial charge in [0.1, 0.15) is 11.4 Å². The predicted molar refractivity (Wildman–Crippen MR) is 72.1 cm³/mol. The van der Waals surface area contributed by atoms with Crippen molar-refractivity contribution in [1.29, 1.82) is 0 Å². The molecule has 1 saturated heterocycles. The van der Waals surface area contributed by atoms with Crippen molar-refractivity contribution in [3.63, 3.8) is 0 Å². The smallest absolute Gasteiger partial charge is 0.198 e. The van der Waals surface area contributed by atoms with Gasteiger partial charge in [-0.1, -0.05) is 0 Å². The molecule has 0 bridgehead atoms. The van der Waals surface area contributed by atoms with Gasteiger partial charge in [0.2, 0.25) is 0 Å². The molecule has 0 aliphatic carbocycles. The maximum atomic E-state index is 12.8. The van der Waals surface area contributed by atoms with Crippen LogP contribution < -0.4 is 5.73 Å². The van der Waals surface area contributed by atoms with E-state index >= 15 is 0 Å². The fourth-order valence-electron chi connectivity index (χ4n) is 2.42. The Morgan fingerprint density at radius 3 is 2.84 bits per heavy atom. The zero-order valence-corrected chi connectivity index (χ0v) is 11.4. The third-order valence-electron chi connectivity index (χ3n) is 3.43. The van der Waals surface area contributed by atoms with E-state index in [1.54, 1.807) is 12.3 Å². The third kappa shape index (κ3) is 2.77. The monoisotopic (exact) mass is 264 g/mol. The van der Waals surface area contributed by atoms with Gasteiger partial charge in [-0.15, -0.1) is 0 Å². The van der Waals surface area contributed by atoms with Crippen molar-refractivity contribution in [1.82, 2.24) is 4.98 Å². The molecule has 2 N–H and O–H groups in total. The van der Waals surface area contributed by atoms with Crippen LogP contribution in [0.5, 0.6) is 0 Å². The summed E-state index contributed by atoms with van der Waals surface area (Å²) in [6.45, 7) is 5.34. The molecule has 2 rings (SSSR count). The van der Waals surface area contributed by atoms with E-state index in [2.05, 4.69) is 4.98 Å². The van der Waals surface area contributed by atoms with Crippen molar-refractivity contribution in [2.45, 2.75) is 32.3 Å². The van der Waals surface area contributed by atoms with Crippen LogP contribution in [0.25, 0.3) is 0 Å². The lowest BCUT2D eigenvalue weighted by Crippen LogP contribution is -2.46. The number of carbonyl (C=O) groups is 1. The quantitative estimate of drug-likeness (QED) is 0.838. The molecule has 1 aliphatic heterocycles. The van der Waals surface area contributed by atoms with Gasteiger partial charge >= 0.3 is 0 Å². The van der Waals surface area contributed by atoms with Crippen molar-refractivity contribution >= 4 is 11.6 Å². The molecule has 1 aromatic heterocycles. The standard InChI is InChI=1S/C14H20N2O3/c1-3-19-14(4-6-18-7-5-14)12(17)11-8-10(2)9-16-13(11)15/h8-9H,3-7H2,1-2H3,(H2,15,16). The van der Waals surface area contributed by atoms with Gasteiger partial charge in [0.25, 0.3) is 0 Å². The lowest BCUT2D eigenvalue weighted by Gasteiger charge is -2.35. The van der Waals surface area contributed by atoms with Crippen LogP contribution >= 0.6 is 0 Å². The second-order valence-electron chi connectivity index (χ2n) is 4.81. The molecule has 5 heteroatoms. The largest absolute Gasteiger partial charge is 0.383 e. The first-order valence-corrected chi connectivity index (χ1v) is 6.57. The van der Waals surface area contributed by atoms with Crippen LogP contribution in [0.1, 0.15) is 35.7 Å². The van der Waals surface area contributed by atoms with Gasteiger partial charge in [-0.05, 0) is 25.5 Å². The highest BCUT2D eigenvalue weighted by Gasteiger charge is 2.42. The summed E-state index contributed by atoms with van der Waals surface area (Å²) in [7, 11) is 0. The van der Waals surface area contributed by atoms with Crippen molar-refractivity contribution in [2.75, 3.05) is 25.6 Å². The summed E-state index contributed by atoms with van der Waals surface area (Å²) in [5.41, 5.74) is 6.39. The number of rotatable bonds is 4. The second-order valence-corrected chi connectivity index (χ2v) is 4.81. The number of Topliss-reactive ketones (excluding diaryl/α,β-unsaturated/α-hetero) is 1. The number of anilines is 1. The minimum Gasteiger partial charge on any atom is -0.383 e. The van der Waals surface area contributed by atoms with E-state index in [1.165, 1.54) is 0 Å². The van der Waals surface area contributed by atoms with E-state index < -0.39 is 5.60 Å². The van der Waals surface area contributed by atoms with Crippen LogP contribution in [0, 0.1) is 6.92 Å². The Bertz CT molecular complexity index is 462. The number of nitrogen functional groups attached to an aromatic ring is 1. The Morgan fingerprint density at radius 1 is 1.53 bits per heavy atom. The molecule has 5 nitrogen and oxygen atoms in total. The molecule has 19 heavy (non-hydrogen) atoms. The summed E-state index contributed by atoms with van der Waals surface area (Å²) in [6.07, 6.45) is 2.78. The molecular formula is C14H20N2O3. The number of nitrogens with two attached hydrogens (primary N) is 1. The highest BCUT2D eigenvalue weighted by Crippen LogP contribution is 2.31. The van der Waals surface area contributed by atoms with E-state index in [0.717, 1.165) is 5.56 Å². The van der Waals surface area contributed by atoms with Gasteiger partial charge in [0, 0.05) is 38.9 Å². The zero-order valence-electron chi connectivity index (χ0n) is 11.4. The van der Waals surface area contributed by atoms with Gasteiger partial charge in [0.05, 0.1) is 5.56 Å². The summed E-state index contributed by atoms with van der Waals surface area (Å²) < 4.78 is 11.1. The van der Waals surface area contributed by atoms with Crippen LogP contribution in [0.4, 0.5) is 5.82 Å². The van der Waals surface area contributed by atoms with Crippen molar-refractivity contribution in [3.05, 3.63) is 23.4 Å². The number of nitrogens with zero attached hydrogens (tertiary/aromatic N) is 1. The Hall–Kier alpha value is -1.46. The second kappa shape index (κ2) is 5.67. The Morgan fingerprint density at radius 2 is 2.21 bits per heavy atom. The number of aryl methyl sites for hydroxylation is 1. The Labute approximate surface area is 113 Å². The highest BCUT2D eigenvalue weighted by molar-refractivity contribution is 6.05. The van der Waals surface area contributed by atoms with E-state index in [9.17, 15) is 4.79 Å². The maximum absolute atomic E-state index is 12.8. The van der Waals surface area contributed by atoms with Gasteiger partial charge in [-0.3, -0.25) is 4.79 Å². The molecule has 2 heterocycles. The van der Waals surface area contributed by atoms with Gasteiger partial charge in [0.15, 0.2) is 5.78 Å². The van der Waals surface area contributed by atoms with Gasteiger partial charge in [-0.25, -0.2) is 4.98 Å². The van der Waals surface area contributed by atoms with Crippen molar-refractivity contribution < 1.29 is 14.3 Å².